The standard InChI is InChI=1S/C13H12N2O5S/c14-10-4-6-12(7-5-10)20-9-21(18,19)13-3-1-2-11(8-13)15(16)17/h1-8H,9,14H2. The highest BCUT2D eigenvalue weighted by atomic mass is 32.2. The molecule has 0 saturated heterocycles. The largest absolute Gasteiger partial charge is 0.477 e. The zero-order valence-corrected chi connectivity index (χ0v) is 11.6. The summed E-state index contributed by atoms with van der Waals surface area (Å²) in [4.78, 5) is 9.85. The van der Waals surface area contributed by atoms with E-state index in [0.717, 1.165) is 6.07 Å². The topological polar surface area (TPSA) is 113 Å². The SMILES string of the molecule is Nc1ccc(OCS(=O)(=O)c2cccc([N+](=O)[O-])c2)cc1. The number of rotatable bonds is 5. The number of benzene rings is 2. The highest BCUT2D eigenvalue weighted by Crippen LogP contribution is 2.20. The lowest BCUT2D eigenvalue weighted by Gasteiger charge is -2.07. The molecule has 8 heteroatoms. The average Bonchev–Trinajstić information content (AvgIpc) is 2.47. The van der Waals surface area contributed by atoms with Gasteiger partial charge in [0.1, 0.15) is 5.75 Å². The van der Waals surface area contributed by atoms with Gasteiger partial charge in [0.25, 0.3) is 5.69 Å². The molecule has 2 aromatic carbocycles. The number of nitrogens with two attached hydrogens (primary N) is 1. The van der Waals surface area contributed by atoms with Gasteiger partial charge in [-0.15, -0.1) is 0 Å². The van der Waals surface area contributed by atoms with Crippen LogP contribution in [0.4, 0.5) is 11.4 Å². The number of non-ortho nitro benzene ring substituents is 1. The summed E-state index contributed by atoms with van der Waals surface area (Å²) in [6, 6.07) is 11.1. The summed E-state index contributed by atoms with van der Waals surface area (Å²) in [6.07, 6.45) is 0. The molecule has 0 bridgehead atoms. The summed E-state index contributed by atoms with van der Waals surface area (Å²) in [5, 5.41) is 10.7. The normalized spacial score (nSPS) is 11.0. The first-order chi connectivity index (χ1) is 9.88. The highest BCUT2D eigenvalue weighted by Gasteiger charge is 2.18. The van der Waals surface area contributed by atoms with Crippen LogP contribution >= 0.6 is 0 Å². The molecular weight excluding hydrogens is 296 g/mol. The lowest BCUT2D eigenvalue weighted by molar-refractivity contribution is -0.385. The molecule has 0 atom stereocenters. The van der Waals surface area contributed by atoms with E-state index in [4.69, 9.17) is 10.5 Å². The number of nitrogens with zero attached hydrogens (tertiary/aromatic N) is 1. The van der Waals surface area contributed by atoms with Crippen molar-refractivity contribution in [1.29, 1.82) is 0 Å². The Labute approximate surface area is 121 Å². The first-order valence-corrected chi connectivity index (χ1v) is 7.49. The van der Waals surface area contributed by atoms with Crippen LogP contribution in [-0.4, -0.2) is 19.3 Å². The van der Waals surface area contributed by atoms with Gasteiger partial charge in [-0.25, -0.2) is 8.42 Å². The third kappa shape index (κ3) is 3.69. The summed E-state index contributed by atoms with van der Waals surface area (Å²) in [5.41, 5.74) is 5.75. The number of nitro groups is 1. The molecule has 2 rings (SSSR count). The van der Waals surface area contributed by atoms with Crippen molar-refractivity contribution in [3.8, 4) is 5.75 Å². The van der Waals surface area contributed by atoms with Crippen molar-refractivity contribution in [2.45, 2.75) is 4.90 Å². The van der Waals surface area contributed by atoms with Crippen molar-refractivity contribution in [3.05, 3.63) is 58.6 Å². The van der Waals surface area contributed by atoms with E-state index < -0.39 is 20.7 Å². The van der Waals surface area contributed by atoms with Crippen molar-refractivity contribution in [1.82, 2.24) is 0 Å². The number of ether oxygens (including phenoxy) is 1. The van der Waals surface area contributed by atoms with Crippen molar-refractivity contribution in [3.63, 3.8) is 0 Å². The Balaban J connectivity index is 2.16. The van der Waals surface area contributed by atoms with Crippen LogP contribution in [0.5, 0.6) is 5.75 Å². The van der Waals surface area contributed by atoms with Crippen LogP contribution in [0.3, 0.4) is 0 Å². The Morgan fingerprint density at radius 2 is 1.81 bits per heavy atom. The molecule has 0 aliphatic heterocycles. The van der Waals surface area contributed by atoms with Gasteiger partial charge in [0, 0.05) is 17.8 Å². The van der Waals surface area contributed by atoms with Gasteiger partial charge in [-0.2, -0.15) is 0 Å². The third-order valence-electron chi connectivity index (χ3n) is 2.65. The fourth-order valence-corrected chi connectivity index (χ4v) is 2.58. The van der Waals surface area contributed by atoms with Gasteiger partial charge >= 0.3 is 0 Å². The maximum absolute atomic E-state index is 12.1. The second-order valence-electron chi connectivity index (χ2n) is 4.20. The number of nitrogen functional groups attached to an aromatic ring is 1. The fraction of sp³-hybridized carbons (Fsp3) is 0.0769. The van der Waals surface area contributed by atoms with Crippen molar-refractivity contribution >= 4 is 21.2 Å². The van der Waals surface area contributed by atoms with Gasteiger partial charge in [0.05, 0.1) is 9.82 Å². The predicted octanol–water partition coefficient (Wildman–Crippen LogP) is 1.99. The monoisotopic (exact) mass is 308 g/mol. The molecule has 0 fully saturated rings. The Kier molecular flexibility index (Phi) is 4.08. The summed E-state index contributed by atoms with van der Waals surface area (Å²) in [5.74, 6) is -0.267. The van der Waals surface area contributed by atoms with Crippen LogP contribution < -0.4 is 10.5 Å². The van der Waals surface area contributed by atoms with E-state index in [9.17, 15) is 18.5 Å². The van der Waals surface area contributed by atoms with Crippen molar-refractivity contribution in [2.75, 3.05) is 11.7 Å². The van der Waals surface area contributed by atoms with Gasteiger partial charge in [0.2, 0.25) is 9.84 Å². The molecule has 7 nitrogen and oxygen atoms in total. The molecule has 0 aromatic heterocycles. The van der Waals surface area contributed by atoms with Gasteiger partial charge in [-0.3, -0.25) is 10.1 Å². The van der Waals surface area contributed by atoms with Crippen LogP contribution in [0, 0.1) is 10.1 Å². The summed E-state index contributed by atoms with van der Waals surface area (Å²) < 4.78 is 29.3. The van der Waals surface area contributed by atoms with E-state index in [0.29, 0.717) is 11.4 Å². The van der Waals surface area contributed by atoms with Crippen LogP contribution in [0.25, 0.3) is 0 Å². The van der Waals surface area contributed by atoms with E-state index in [-0.39, 0.29) is 10.6 Å². The zero-order chi connectivity index (χ0) is 15.5. The van der Waals surface area contributed by atoms with Crippen LogP contribution in [0.2, 0.25) is 0 Å². The molecule has 0 saturated carbocycles. The lowest BCUT2D eigenvalue weighted by Crippen LogP contribution is -2.12. The maximum Gasteiger partial charge on any atom is 0.270 e. The summed E-state index contributed by atoms with van der Waals surface area (Å²) in [6.45, 7) is 0. The number of anilines is 1. The second kappa shape index (κ2) is 5.80. The number of hydrogen-bond donors (Lipinski definition) is 1. The first kappa shape index (κ1) is 14.8. The molecule has 0 amide bonds. The molecule has 0 spiro atoms. The van der Waals surface area contributed by atoms with E-state index >= 15 is 0 Å². The third-order valence-corrected chi connectivity index (χ3v) is 4.05. The summed E-state index contributed by atoms with van der Waals surface area (Å²) >= 11 is 0. The van der Waals surface area contributed by atoms with Crippen LogP contribution in [-0.2, 0) is 9.84 Å². The molecule has 110 valence electrons. The number of hydrogen-bond acceptors (Lipinski definition) is 6. The van der Waals surface area contributed by atoms with Crippen molar-refractivity contribution in [2.24, 2.45) is 0 Å². The first-order valence-electron chi connectivity index (χ1n) is 5.84. The quantitative estimate of drug-likeness (QED) is 0.513. The summed E-state index contributed by atoms with van der Waals surface area (Å²) in [7, 11) is -3.78. The Hall–Kier alpha value is -2.61. The molecule has 0 unspecified atom stereocenters. The smallest absolute Gasteiger partial charge is 0.270 e. The second-order valence-corrected chi connectivity index (χ2v) is 6.14. The lowest BCUT2D eigenvalue weighted by atomic mass is 10.3. The van der Waals surface area contributed by atoms with Gasteiger partial charge in [-0.05, 0) is 30.3 Å². The minimum atomic E-state index is -3.78. The Morgan fingerprint density at radius 1 is 1.14 bits per heavy atom. The van der Waals surface area contributed by atoms with Crippen LogP contribution in [0.1, 0.15) is 0 Å². The molecule has 0 heterocycles. The molecule has 0 aliphatic rings. The van der Waals surface area contributed by atoms with E-state index in [1.165, 1.54) is 30.3 Å². The van der Waals surface area contributed by atoms with Gasteiger partial charge < -0.3 is 10.5 Å². The van der Waals surface area contributed by atoms with Crippen LogP contribution in [0.15, 0.2) is 53.4 Å². The minimum Gasteiger partial charge on any atom is -0.477 e. The number of sulfone groups is 1. The average molecular weight is 308 g/mol. The molecule has 0 aliphatic carbocycles. The van der Waals surface area contributed by atoms with E-state index in [1.807, 2.05) is 0 Å². The molecule has 2 aromatic rings. The highest BCUT2D eigenvalue weighted by molar-refractivity contribution is 7.91. The Bertz CT molecular complexity index is 756. The van der Waals surface area contributed by atoms with E-state index in [2.05, 4.69) is 0 Å². The van der Waals surface area contributed by atoms with Gasteiger partial charge in [0.15, 0.2) is 5.94 Å². The Morgan fingerprint density at radius 3 is 2.43 bits per heavy atom. The molecule has 0 radical (unpaired) electrons. The van der Waals surface area contributed by atoms with Gasteiger partial charge in [-0.1, -0.05) is 6.07 Å². The number of nitro benzene ring substituents is 1. The zero-order valence-electron chi connectivity index (χ0n) is 10.8. The maximum atomic E-state index is 12.1. The predicted molar refractivity (Wildman–Crippen MR) is 76.6 cm³/mol. The minimum absolute atomic E-state index is 0.160. The fourth-order valence-electron chi connectivity index (χ4n) is 1.57. The molecule has 21 heavy (non-hydrogen) atoms. The van der Waals surface area contributed by atoms with Crippen molar-refractivity contribution < 1.29 is 18.1 Å². The molecular formula is C13H12N2O5S. The molecule has 2 N–H and O–H groups in total. The van der Waals surface area contributed by atoms with E-state index in [1.54, 1.807) is 12.1 Å².